The molecule has 4 rings (SSSR count). The number of carbonyl (C=O) groups excluding carboxylic acids is 1. The summed E-state index contributed by atoms with van der Waals surface area (Å²) in [6.07, 6.45) is 3.48. The molecule has 0 bridgehead atoms. The summed E-state index contributed by atoms with van der Waals surface area (Å²) in [7, 11) is -3.68. The Balaban J connectivity index is 1.46. The van der Waals surface area contributed by atoms with E-state index in [-0.39, 0.29) is 24.9 Å². The van der Waals surface area contributed by atoms with Crippen molar-refractivity contribution in [1.82, 2.24) is 19.6 Å². The third kappa shape index (κ3) is 7.05. The van der Waals surface area contributed by atoms with Gasteiger partial charge in [0.05, 0.1) is 23.8 Å². The van der Waals surface area contributed by atoms with E-state index in [2.05, 4.69) is 15.3 Å². The number of rotatable bonds is 6. The van der Waals surface area contributed by atoms with Crippen LogP contribution in [-0.2, 0) is 20.5 Å². The molecule has 3 N–H and O–H groups in total. The fourth-order valence-corrected chi connectivity index (χ4v) is 5.89. The number of halogens is 1. The van der Waals surface area contributed by atoms with Gasteiger partial charge in [-0.3, -0.25) is 4.98 Å². The molecule has 38 heavy (non-hydrogen) atoms. The van der Waals surface area contributed by atoms with E-state index in [0.717, 1.165) is 5.56 Å². The molecule has 1 aromatic heterocycles. The van der Waals surface area contributed by atoms with Crippen molar-refractivity contribution in [2.75, 3.05) is 18.8 Å². The summed E-state index contributed by atoms with van der Waals surface area (Å²) in [5, 5.41) is 2.81. The second kappa shape index (κ2) is 11.0. The SMILES string of the molecule is CC(C)(C)OC(=O)NC1CCN(S(=O)(=O)Cc2ccc(F)cc2-c2ccc(-c3cnc(N)cn3)cc2)CC1. The molecule has 0 spiro atoms. The third-order valence-electron chi connectivity index (χ3n) is 6.14. The van der Waals surface area contributed by atoms with E-state index in [1.165, 1.54) is 28.7 Å². The van der Waals surface area contributed by atoms with Crippen LogP contribution in [0, 0.1) is 5.82 Å². The van der Waals surface area contributed by atoms with Crippen molar-refractivity contribution in [3.8, 4) is 22.4 Å². The van der Waals surface area contributed by atoms with Gasteiger partial charge in [-0.15, -0.1) is 0 Å². The number of alkyl carbamates (subject to hydrolysis) is 1. The number of nitrogens with two attached hydrogens (primary N) is 1. The van der Waals surface area contributed by atoms with E-state index in [4.69, 9.17) is 10.5 Å². The Morgan fingerprint density at radius 2 is 1.74 bits per heavy atom. The molecule has 0 aliphatic carbocycles. The summed E-state index contributed by atoms with van der Waals surface area (Å²) in [5.74, 6) is -0.402. The number of aromatic nitrogens is 2. The lowest BCUT2D eigenvalue weighted by atomic mass is 9.99. The minimum Gasteiger partial charge on any atom is -0.444 e. The lowest BCUT2D eigenvalue weighted by Crippen LogP contribution is -2.47. The molecule has 2 heterocycles. The number of piperidine rings is 1. The summed E-state index contributed by atoms with van der Waals surface area (Å²) in [6, 6.07) is 11.2. The lowest BCUT2D eigenvalue weighted by molar-refractivity contribution is 0.0489. The van der Waals surface area contributed by atoms with Crippen LogP contribution in [0.4, 0.5) is 15.0 Å². The first kappa shape index (κ1) is 27.5. The monoisotopic (exact) mass is 541 g/mol. The number of hydrogen-bond acceptors (Lipinski definition) is 7. The Labute approximate surface area is 222 Å². The number of benzene rings is 2. The van der Waals surface area contributed by atoms with Gasteiger partial charge in [0.1, 0.15) is 17.2 Å². The molecule has 1 fully saturated rings. The Morgan fingerprint density at radius 3 is 2.34 bits per heavy atom. The van der Waals surface area contributed by atoms with E-state index in [9.17, 15) is 17.6 Å². The van der Waals surface area contributed by atoms with Crippen LogP contribution in [0.2, 0.25) is 0 Å². The molecule has 0 unspecified atom stereocenters. The summed E-state index contributed by atoms with van der Waals surface area (Å²) in [5.41, 5.74) is 8.12. The van der Waals surface area contributed by atoms with E-state index >= 15 is 0 Å². The molecule has 11 heteroatoms. The lowest BCUT2D eigenvalue weighted by Gasteiger charge is -2.32. The van der Waals surface area contributed by atoms with Crippen LogP contribution < -0.4 is 11.1 Å². The second-order valence-electron chi connectivity index (χ2n) is 10.3. The highest BCUT2D eigenvalue weighted by molar-refractivity contribution is 7.88. The standard InChI is InChI=1S/C27H32FN5O4S/c1-27(2,3)37-26(34)32-22-10-12-33(13-11-22)38(35,36)17-20-8-9-21(28)14-23(20)18-4-6-19(7-5-18)24-15-31-25(29)16-30-24/h4-9,14-16,22H,10-13,17H2,1-3H3,(H2,29,31)(H,32,34). The maximum absolute atomic E-state index is 14.2. The van der Waals surface area contributed by atoms with Crippen LogP contribution in [0.1, 0.15) is 39.2 Å². The highest BCUT2D eigenvalue weighted by atomic mass is 32.2. The molecular weight excluding hydrogens is 509 g/mol. The van der Waals surface area contributed by atoms with Gasteiger partial charge in [-0.2, -0.15) is 0 Å². The van der Waals surface area contributed by atoms with Crippen LogP contribution in [-0.4, -0.2) is 53.5 Å². The van der Waals surface area contributed by atoms with Crippen molar-refractivity contribution in [3.05, 3.63) is 66.2 Å². The van der Waals surface area contributed by atoms with Crippen molar-refractivity contribution in [2.45, 2.75) is 51.0 Å². The Hall–Kier alpha value is -3.57. The number of nitrogens with one attached hydrogen (secondary N) is 1. The fraction of sp³-hybridized carbons (Fsp3) is 0.370. The van der Waals surface area contributed by atoms with Gasteiger partial charge in [0, 0.05) is 24.7 Å². The van der Waals surface area contributed by atoms with Gasteiger partial charge in [-0.1, -0.05) is 30.3 Å². The predicted molar refractivity (Wildman–Crippen MR) is 144 cm³/mol. The number of amides is 1. The largest absolute Gasteiger partial charge is 0.444 e. The molecule has 1 aliphatic heterocycles. The van der Waals surface area contributed by atoms with E-state index in [1.54, 1.807) is 39.1 Å². The van der Waals surface area contributed by atoms with Crippen molar-refractivity contribution in [3.63, 3.8) is 0 Å². The zero-order valence-electron chi connectivity index (χ0n) is 21.6. The van der Waals surface area contributed by atoms with Gasteiger partial charge in [0.2, 0.25) is 10.0 Å². The van der Waals surface area contributed by atoms with Gasteiger partial charge in [-0.25, -0.2) is 26.9 Å². The molecule has 1 amide bonds. The zero-order chi connectivity index (χ0) is 27.5. The minimum absolute atomic E-state index is 0.165. The molecule has 1 aliphatic rings. The Morgan fingerprint density at radius 1 is 1.08 bits per heavy atom. The highest BCUT2D eigenvalue weighted by Crippen LogP contribution is 2.30. The number of nitrogens with zero attached hydrogens (tertiary/aromatic N) is 3. The van der Waals surface area contributed by atoms with Crippen LogP contribution in [0.3, 0.4) is 0 Å². The Kier molecular flexibility index (Phi) is 7.98. The average molecular weight is 542 g/mol. The first-order chi connectivity index (χ1) is 17.9. The summed E-state index contributed by atoms with van der Waals surface area (Å²) in [6.45, 7) is 5.91. The molecule has 9 nitrogen and oxygen atoms in total. The van der Waals surface area contributed by atoms with Gasteiger partial charge in [-0.05, 0) is 62.4 Å². The van der Waals surface area contributed by atoms with Crippen LogP contribution in [0.15, 0.2) is 54.9 Å². The third-order valence-corrected chi connectivity index (χ3v) is 7.97. The highest BCUT2D eigenvalue weighted by Gasteiger charge is 2.30. The summed E-state index contributed by atoms with van der Waals surface area (Å²) >= 11 is 0. The average Bonchev–Trinajstić information content (AvgIpc) is 2.85. The summed E-state index contributed by atoms with van der Waals surface area (Å²) < 4.78 is 47.5. The number of carbonyl (C=O) groups is 1. The minimum atomic E-state index is -3.68. The molecule has 0 saturated carbocycles. The number of nitrogen functional groups attached to an aromatic ring is 1. The topological polar surface area (TPSA) is 128 Å². The molecule has 1 saturated heterocycles. The summed E-state index contributed by atoms with van der Waals surface area (Å²) in [4.78, 5) is 20.4. The quantitative estimate of drug-likeness (QED) is 0.475. The molecular formula is C27H32FN5O4S. The smallest absolute Gasteiger partial charge is 0.407 e. The van der Waals surface area contributed by atoms with Gasteiger partial charge in [0.25, 0.3) is 0 Å². The molecule has 3 aromatic rings. The molecule has 0 atom stereocenters. The van der Waals surface area contributed by atoms with E-state index in [0.29, 0.717) is 41.0 Å². The van der Waals surface area contributed by atoms with Crippen LogP contribution in [0.25, 0.3) is 22.4 Å². The number of anilines is 1. The number of hydrogen-bond donors (Lipinski definition) is 2. The van der Waals surface area contributed by atoms with E-state index < -0.39 is 27.5 Å². The molecule has 2 aromatic carbocycles. The van der Waals surface area contributed by atoms with Gasteiger partial charge in [0.15, 0.2) is 0 Å². The van der Waals surface area contributed by atoms with Gasteiger partial charge < -0.3 is 15.8 Å². The van der Waals surface area contributed by atoms with Crippen LogP contribution in [0.5, 0.6) is 0 Å². The molecule has 0 radical (unpaired) electrons. The number of sulfonamides is 1. The molecule has 202 valence electrons. The Bertz CT molecular complexity index is 1380. The predicted octanol–water partition coefficient (Wildman–Crippen LogP) is 4.35. The normalized spacial score (nSPS) is 15.3. The zero-order valence-corrected chi connectivity index (χ0v) is 22.5. The van der Waals surface area contributed by atoms with Crippen LogP contribution >= 0.6 is 0 Å². The van der Waals surface area contributed by atoms with E-state index in [1.807, 2.05) is 12.1 Å². The first-order valence-corrected chi connectivity index (χ1v) is 13.9. The second-order valence-corrected chi connectivity index (χ2v) is 12.2. The van der Waals surface area contributed by atoms with Crippen molar-refractivity contribution in [2.24, 2.45) is 0 Å². The van der Waals surface area contributed by atoms with Gasteiger partial charge >= 0.3 is 6.09 Å². The van der Waals surface area contributed by atoms with Crippen molar-refractivity contribution >= 4 is 21.9 Å². The maximum Gasteiger partial charge on any atom is 0.407 e. The first-order valence-electron chi connectivity index (χ1n) is 12.3. The van der Waals surface area contributed by atoms with Crippen molar-refractivity contribution < 1.29 is 22.3 Å². The number of ether oxygens (including phenoxy) is 1. The van der Waals surface area contributed by atoms with Crippen molar-refractivity contribution in [1.29, 1.82) is 0 Å². The fourth-order valence-electron chi connectivity index (χ4n) is 4.29. The maximum atomic E-state index is 14.2.